The van der Waals surface area contributed by atoms with Crippen molar-refractivity contribution in [2.24, 2.45) is 0 Å². The molecule has 1 heterocycles. The van der Waals surface area contributed by atoms with Gasteiger partial charge < -0.3 is 26.9 Å². The number of halogens is 4. The first kappa shape index (κ1) is 13.0. The average molecular weight is 213 g/mol. The molecule has 1 aromatic rings. The molecule has 0 fully saturated rings. The predicted molar refractivity (Wildman–Crippen MR) is 44.1 cm³/mol. The van der Waals surface area contributed by atoms with E-state index in [2.05, 4.69) is 4.98 Å². The van der Waals surface area contributed by atoms with Crippen LogP contribution in [0.2, 0.25) is 0 Å². The fourth-order valence-electron chi connectivity index (χ4n) is 0.700. The molecule has 0 amide bonds. The van der Waals surface area contributed by atoms with Crippen molar-refractivity contribution >= 4 is 7.25 Å². The smallest absolute Gasteiger partial charge is 0.418 e. The Hall–Kier alpha value is -1.05. The van der Waals surface area contributed by atoms with Crippen molar-refractivity contribution in [1.82, 2.24) is 9.55 Å². The second kappa shape index (κ2) is 5.64. The highest BCUT2D eigenvalue weighted by atomic mass is 19.5. The second-order valence-electron chi connectivity index (χ2n) is 2.60. The topological polar surface area (TPSA) is 38.0 Å². The zero-order valence-electron chi connectivity index (χ0n) is 7.45. The van der Waals surface area contributed by atoms with E-state index in [1.165, 1.54) is 0 Å². The summed E-state index contributed by atoms with van der Waals surface area (Å²) in [4.78, 5) is 3.83. The monoisotopic (exact) mass is 213 g/mol. The summed E-state index contributed by atoms with van der Waals surface area (Å²) in [6.07, 6.45) is 4.92. The summed E-state index contributed by atoms with van der Waals surface area (Å²) in [7, 11) is -6.00. The summed E-state index contributed by atoms with van der Waals surface area (Å²) in [6.45, 7) is 2.38. The van der Waals surface area contributed by atoms with Gasteiger partial charge in [0.25, 0.3) is 0 Å². The molecule has 0 aliphatic carbocycles. The zero-order chi connectivity index (χ0) is 11.2. The Bertz CT molecular complexity index is 230. The molecular formula is C6H10BF4N2O-. The average Bonchev–Trinajstić information content (AvgIpc) is 2.33. The standard InChI is InChI=1S/C6H10N2O.BF4/c1-6(9)4-8-3-2-7-5-8;2-1(3,4)5/h2-3,5-6,9H,4H2,1H3;/q;-1. The third-order valence-corrected chi connectivity index (χ3v) is 1.03. The number of nitrogens with zero attached hydrogens (tertiary/aromatic N) is 2. The van der Waals surface area contributed by atoms with Gasteiger partial charge in [0.15, 0.2) is 0 Å². The molecule has 0 saturated carbocycles. The molecule has 0 saturated heterocycles. The molecule has 0 aliphatic heterocycles. The van der Waals surface area contributed by atoms with E-state index in [9.17, 15) is 17.3 Å². The van der Waals surface area contributed by atoms with Crippen LogP contribution < -0.4 is 0 Å². The molecule has 1 aromatic heterocycles. The summed E-state index contributed by atoms with van der Waals surface area (Å²) in [5.41, 5.74) is 0. The quantitative estimate of drug-likeness (QED) is 0.597. The molecule has 14 heavy (non-hydrogen) atoms. The van der Waals surface area contributed by atoms with Gasteiger partial charge in [0, 0.05) is 18.9 Å². The number of aliphatic hydroxyl groups is 1. The van der Waals surface area contributed by atoms with Crippen molar-refractivity contribution in [2.45, 2.75) is 19.6 Å². The van der Waals surface area contributed by atoms with Crippen LogP contribution in [0.25, 0.3) is 0 Å². The first-order valence-corrected chi connectivity index (χ1v) is 3.80. The Morgan fingerprint density at radius 3 is 2.21 bits per heavy atom. The third-order valence-electron chi connectivity index (χ3n) is 1.03. The lowest BCUT2D eigenvalue weighted by atomic mass is 10.3. The van der Waals surface area contributed by atoms with E-state index >= 15 is 0 Å². The first-order chi connectivity index (χ1) is 6.29. The number of rotatable bonds is 2. The number of hydrogen-bond donors (Lipinski definition) is 1. The van der Waals surface area contributed by atoms with Crippen LogP contribution in [0, 0.1) is 0 Å². The van der Waals surface area contributed by atoms with Crippen molar-refractivity contribution in [3.05, 3.63) is 18.7 Å². The molecule has 1 N–H and O–H groups in total. The maximum atomic E-state index is 9.75. The largest absolute Gasteiger partial charge is 0.673 e. The van der Waals surface area contributed by atoms with Crippen molar-refractivity contribution in [3.8, 4) is 0 Å². The lowest BCUT2D eigenvalue weighted by Gasteiger charge is -2.02. The van der Waals surface area contributed by atoms with Gasteiger partial charge in [0.05, 0.1) is 12.4 Å². The van der Waals surface area contributed by atoms with Crippen LogP contribution in [-0.4, -0.2) is 28.0 Å². The van der Waals surface area contributed by atoms with Crippen LogP contribution in [0.1, 0.15) is 6.92 Å². The van der Waals surface area contributed by atoms with Gasteiger partial charge in [0.1, 0.15) is 0 Å². The Morgan fingerprint density at radius 2 is 1.93 bits per heavy atom. The lowest BCUT2D eigenvalue weighted by molar-refractivity contribution is 0.173. The van der Waals surface area contributed by atoms with Gasteiger partial charge in [-0.2, -0.15) is 0 Å². The normalized spacial score (nSPS) is 13.0. The van der Waals surface area contributed by atoms with E-state index < -0.39 is 7.25 Å². The van der Waals surface area contributed by atoms with Crippen LogP contribution in [0.3, 0.4) is 0 Å². The molecule has 82 valence electrons. The Labute approximate surface area is 78.5 Å². The van der Waals surface area contributed by atoms with Gasteiger partial charge in [-0.1, -0.05) is 0 Å². The molecule has 0 aromatic carbocycles. The minimum Gasteiger partial charge on any atom is -0.418 e. The third kappa shape index (κ3) is 11.0. The predicted octanol–water partition coefficient (Wildman–Crippen LogP) is 1.56. The van der Waals surface area contributed by atoms with E-state index in [0.717, 1.165) is 0 Å². The summed E-state index contributed by atoms with van der Waals surface area (Å²) < 4.78 is 40.8. The molecule has 1 rings (SSSR count). The van der Waals surface area contributed by atoms with E-state index in [0.29, 0.717) is 6.54 Å². The molecule has 0 bridgehead atoms. The van der Waals surface area contributed by atoms with Crippen LogP contribution >= 0.6 is 0 Å². The molecule has 0 radical (unpaired) electrons. The molecular weight excluding hydrogens is 203 g/mol. The number of aromatic nitrogens is 2. The fourth-order valence-corrected chi connectivity index (χ4v) is 0.700. The maximum absolute atomic E-state index is 9.75. The van der Waals surface area contributed by atoms with E-state index in [4.69, 9.17) is 5.11 Å². The van der Waals surface area contributed by atoms with Gasteiger partial charge in [-0.15, -0.1) is 0 Å². The van der Waals surface area contributed by atoms with Gasteiger partial charge in [-0.25, -0.2) is 4.98 Å². The zero-order valence-corrected chi connectivity index (χ0v) is 7.45. The number of imidazole rings is 1. The van der Waals surface area contributed by atoms with Crippen LogP contribution in [0.5, 0.6) is 0 Å². The van der Waals surface area contributed by atoms with Gasteiger partial charge in [0.2, 0.25) is 0 Å². The van der Waals surface area contributed by atoms with Gasteiger partial charge >= 0.3 is 7.25 Å². The second-order valence-corrected chi connectivity index (χ2v) is 2.60. The number of hydrogen-bond acceptors (Lipinski definition) is 2. The van der Waals surface area contributed by atoms with Crippen molar-refractivity contribution < 1.29 is 22.4 Å². The van der Waals surface area contributed by atoms with Crippen molar-refractivity contribution in [2.75, 3.05) is 0 Å². The highest BCUT2D eigenvalue weighted by molar-refractivity contribution is 6.50. The highest BCUT2D eigenvalue weighted by Crippen LogP contribution is 2.06. The van der Waals surface area contributed by atoms with Crippen LogP contribution in [0.15, 0.2) is 18.7 Å². The van der Waals surface area contributed by atoms with E-state index in [-0.39, 0.29) is 6.10 Å². The molecule has 8 heteroatoms. The van der Waals surface area contributed by atoms with Gasteiger partial charge in [-0.3, -0.25) is 0 Å². The van der Waals surface area contributed by atoms with Gasteiger partial charge in [-0.05, 0) is 6.92 Å². The molecule has 0 aliphatic rings. The number of aliphatic hydroxyl groups excluding tert-OH is 1. The molecule has 1 atom stereocenters. The lowest BCUT2D eigenvalue weighted by Crippen LogP contribution is -2.09. The highest BCUT2D eigenvalue weighted by Gasteiger charge is 2.20. The fraction of sp³-hybridized carbons (Fsp3) is 0.500. The summed E-state index contributed by atoms with van der Waals surface area (Å²) in [5, 5.41) is 8.88. The van der Waals surface area contributed by atoms with Crippen molar-refractivity contribution in [1.29, 1.82) is 0 Å². The van der Waals surface area contributed by atoms with E-state index in [1.807, 2.05) is 10.8 Å². The minimum absolute atomic E-state index is 0.292. The first-order valence-electron chi connectivity index (χ1n) is 3.80. The Kier molecular flexibility index (Phi) is 5.22. The Balaban J connectivity index is 0.000000292. The SMILES string of the molecule is CC(O)Cn1ccnc1.F[B-](F)(F)F. The summed E-state index contributed by atoms with van der Waals surface area (Å²) in [6, 6.07) is 0. The van der Waals surface area contributed by atoms with Crippen LogP contribution in [0.4, 0.5) is 17.3 Å². The Morgan fingerprint density at radius 1 is 1.43 bits per heavy atom. The molecule has 1 unspecified atom stereocenters. The maximum Gasteiger partial charge on any atom is 0.673 e. The molecule has 3 nitrogen and oxygen atoms in total. The van der Waals surface area contributed by atoms with Crippen LogP contribution in [-0.2, 0) is 6.54 Å². The van der Waals surface area contributed by atoms with Crippen molar-refractivity contribution in [3.63, 3.8) is 0 Å². The summed E-state index contributed by atoms with van der Waals surface area (Å²) >= 11 is 0. The van der Waals surface area contributed by atoms with E-state index in [1.54, 1.807) is 19.4 Å². The minimum atomic E-state index is -6.00. The molecule has 0 spiro atoms. The summed E-state index contributed by atoms with van der Waals surface area (Å²) in [5.74, 6) is 0.